The predicted octanol–water partition coefficient (Wildman–Crippen LogP) is 4.04. The number of hydrogen-bond donors (Lipinski definition) is 0. The van der Waals surface area contributed by atoms with Gasteiger partial charge in [-0.25, -0.2) is 8.78 Å². The summed E-state index contributed by atoms with van der Waals surface area (Å²) in [5.41, 5.74) is 1.99. The van der Waals surface area contributed by atoms with Crippen LogP contribution < -0.4 is 0 Å². The van der Waals surface area contributed by atoms with Gasteiger partial charge in [0.25, 0.3) is 5.91 Å². The predicted molar refractivity (Wildman–Crippen MR) is 107 cm³/mol. The number of nitrogens with zero attached hydrogens (tertiary/aromatic N) is 3. The SMILES string of the molecule is Cc1ccc(C(=O)N2CC[C@H](C3CCN(Cc4cccc(F)c4F)CC3)C2)cn1. The van der Waals surface area contributed by atoms with Crippen LogP contribution in [0.5, 0.6) is 0 Å². The van der Waals surface area contributed by atoms with Gasteiger partial charge in [0.15, 0.2) is 11.6 Å². The summed E-state index contributed by atoms with van der Waals surface area (Å²) in [5.74, 6) is -0.343. The molecule has 0 aliphatic carbocycles. The first kappa shape index (κ1) is 20.0. The van der Waals surface area contributed by atoms with Crippen molar-refractivity contribution in [3.8, 4) is 0 Å². The van der Waals surface area contributed by atoms with Gasteiger partial charge >= 0.3 is 0 Å². The van der Waals surface area contributed by atoms with E-state index in [0.717, 1.165) is 57.2 Å². The standard InChI is InChI=1S/C23H27F2N3O/c1-16-5-6-18(13-26-16)23(29)28-12-9-19(15-28)17-7-10-27(11-8-17)14-20-3-2-4-21(24)22(20)25/h2-6,13,17,19H,7-12,14-15H2,1H3/t19-/m0/s1. The molecule has 29 heavy (non-hydrogen) atoms. The topological polar surface area (TPSA) is 36.4 Å². The van der Waals surface area contributed by atoms with Crippen molar-refractivity contribution in [2.24, 2.45) is 11.8 Å². The van der Waals surface area contributed by atoms with Gasteiger partial charge in [-0.2, -0.15) is 0 Å². The molecule has 2 fully saturated rings. The van der Waals surface area contributed by atoms with Crippen molar-refractivity contribution in [2.75, 3.05) is 26.2 Å². The third-order valence-corrected chi connectivity index (χ3v) is 6.39. The maximum Gasteiger partial charge on any atom is 0.255 e. The molecule has 2 aromatic rings. The number of carbonyl (C=O) groups is 1. The Hall–Kier alpha value is -2.34. The Morgan fingerprint density at radius 3 is 2.55 bits per heavy atom. The van der Waals surface area contributed by atoms with E-state index in [1.165, 1.54) is 0 Å². The van der Waals surface area contributed by atoms with Crippen LogP contribution in [0.2, 0.25) is 0 Å². The Morgan fingerprint density at radius 1 is 1.07 bits per heavy atom. The fourth-order valence-corrected chi connectivity index (χ4v) is 4.63. The average molecular weight is 399 g/mol. The number of benzene rings is 1. The Morgan fingerprint density at radius 2 is 1.83 bits per heavy atom. The molecule has 1 atom stereocenters. The number of hydrogen-bond acceptors (Lipinski definition) is 3. The fourth-order valence-electron chi connectivity index (χ4n) is 4.63. The van der Waals surface area contributed by atoms with E-state index >= 15 is 0 Å². The van der Waals surface area contributed by atoms with Gasteiger partial charge < -0.3 is 4.90 Å². The highest BCUT2D eigenvalue weighted by molar-refractivity contribution is 5.94. The zero-order valence-electron chi connectivity index (χ0n) is 16.8. The fraction of sp³-hybridized carbons (Fsp3) is 0.478. The van der Waals surface area contributed by atoms with Crippen LogP contribution in [0.25, 0.3) is 0 Å². The number of pyridine rings is 1. The monoisotopic (exact) mass is 399 g/mol. The second kappa shape index (κ2) is 8.57. The molecule has 1 aromatic carbocycles. The maximum absolute atomic E-state index is 13.9. The number of aryl methyl sites for hydroxylation is 1. The molecule has 2 aliphatic heterocycles. The van der Waals surface area contributed by atoms with Crippen LogP contribution in [0.3, 0.4) is 0 Å². The first-order valence-corrected chi connectivity index (χ1v) is 10.4. The van der Waals surface area contributed by atoms with Crippen LogP contribution in [0.4, 0.5) is 8.78 Å². The first-order valence-electron chi connectivity index (χ1n) is 10.4. The van der Waals surface area contributed by atoms with E-state index in [1.807, 2.05) is 24.0 Å². The number of carbonyl (C=O) groups excluding carboxylic acids is 1. The molecule has 0 N–H and O–H groups in total. The van der Waals surface area contributed by atoms with Crippen LogP contribution in [0, 0.1) is 30.4 Å². The summed E-state index contributed by atoms with van der Waals surface area (Å²) in [5, 5.41) is 0. The van der Waals surface area contributed by atoms with Crippen LogP contribution in [-0.2, 0) is 6.54 Å². The Labute approximate surface area is 170 Å². The van der Waals surface area contributed by atoms with Gasteiger partial charge in [-0.15, -0.1) is 0 Å². The Kier molecular flexibility index (Phi) is 5.90. The van der Waals surface area contributed by atoms with Crippen molar-refractivity contribution in [2.45, 2.75) is 32.7 Å². The van der Waals surface area contributed by atoms with Crippen molar-refractivity contribution >= 4 is 5.91 Å². The van der Waals surface area contributed by atoms with Gasteiger partial charge in [0, 0.05) is 37.1 Å². The number of amides is 1. The van der Waals surface area contributed by atoms with Gasteiger partial charge in [0.2, 0.25) is 0 Å². The minimum atomic E-state index is -0.781. The quantitative estimate of drug-likeness (QED) is 0.779. The van der Waals surface area contributed by atoms with E-state index in [-0.39, 0.29) is 5.91 Å². The summed E-state index contributed by atoms with van der Waals surface area (Å²) in [7, 11) is 0. The average Bonchev–Trinajstić information content (AvgIpc) is 3.22. The second-order valence-corrected chi connectivity index (χ2v) is 8.31. The molecule has 3 heterocycles. The third kappa shape index (κ3) is 4.47. The van der Waals surface area contributed by atoms with Crippen LogP contribution in [-0.4, -0.2) is 46.9 Å². The zero-order valence-corrected chi connectivity index (χ0v) is 16.8. The lowest BCUT2D eigenvalue weighted by atomic mass is 9.83. The minimum Gasteiger partial charge on any atom is -0.338 e. The summed E-state index contributed by atoms with van der Waals surface area (Å²) in [4.78, 5) is 21.1. The summed E-state index contributed by atoms with van der Waals surface area (Å²) in [6.07, 6.45) is 4.77. The van der Waals surface area contributed by atoms with Crippen molar-refractivity contribution in [3.63, 3.8) is 0 Å². The second-order valence-electron chi connectivity index (χ2n) is 8.31. The van der Waals surface area contributed by atoms with E-state index in [2.05, 4.69) is 9.88 Å². The number of piperidine rings is 1. The molecule has 4 rings (SSSR count). The number of aromatic nitrogens is 1. The van der Waals surface area contributed by atoms with Crippen LogP contribution in [0.15, 0.2) is 36.5 Å². The van der Waals surface area contributed by atoms with E-state index in [9.17, 15) is 13.6 Å². The highest BCUT2D eigenvalue weighted by Crippen LogP contribution is 2.33. The Bertz CT molecular complexity index is 863. The lowest BCUT2D eigenvalue weighted by molar-refractivity contribution is 0.0772. The normalized spacial score (nSPS) is 20.9. The van der Waals surface area contributed by atoms with Crippen molar-refractivity contribution in [1.82, 2.24) is 14.8 Å². The van der Waals surface area contributed by atoms with Gasteiger partial charge in [0.05, 0.1) is 5.56 Å². The Balaban J connectivity index is 1.29. The van der Waals surface area contributed by atoms with Gasteiger partial charge in [-0.3, -0.25) is 14.7 Å². The number of halogens is 2. The zero-order chi connectivity index (χ0) is 20.4. The molecule has 0 spiro atoms. The van der Waals surface area contributed by atoms with E-state index in [4.69, 9.17) is 0 Å². The van der Waals surface area contributed by atoms with Gasteiger partial charge in [-0.05, 0) is 69.3 Å². The lowest BCUT2D eigenvalue weighted by Crippen LogP contribution is -2.37. The van der Waals surface area contributed by atoms with E-state index in [0.29, 0.717) is 29.5 Å². The summed E-state index contributed by atoms with van der Waals surface area (Å²) < 4.78 is 27.3. The summed E-state index contributed by atoms with van der Waals surface area (Å²) in [6.45, 7) is 5.73. The molecule has 0 saturated carbocycles. The summed E-state index contributed by atoms with van der Waals surface area (Å²) in [6, 6.07) is 8.10. The highest BCUT2D eigenvalue weighted by Gasteiger charge is 2.34. The van der Waals surface area contributed by atoms with Crippen molar-refractivity contribution < 1.29 is 13.6 Å². The molecule has 4 nitrogen and oxygen atoms in total. The molecule has 0 radical (unpaired) electrons. The minimum absolute atomic E-state index is 0.0685. The smallest absolute Gasteiger partial charge is 0.255 e. The molecule has 2 aliphatic rings. The van der Waals surface area contributed by atoms with Crippen LogP contribution >= 0.6 is 0 Å². The van der Waals surface area contributed by atoms with Gasteiger partial charge in [-0.1, -0.05) is 12.1 Å². The molecular weight excluding hydrogens is 372 g/mol. The van der Waals surface area contributed by atoms with Crippen LogP contribution in [0.1, 0.15) is 40.9 Å². The van der Waals surface area contributed by atoms with E-state index < -0.39 is 11.6 Å². The van der Waals surface area contributed by atoms with Gasteiger partial charge in [0.1, 0.15) is 0 Å². The molecular formula is C23H27F2N3O. The maximum atomic E-state index is 13.9. The largest absolute Gasteiger partial charge is 0.338 e. The first-order chi connectivity index (χ1) is 14.0. The highest BCUT2D eigenvalue weighted by atomic mass is 19.2. The number of rotatable bonds is 4. The summed E-state index contributed by atoms with van der Waals surface area (Å²) >= 11 is 0. The molecule has 1 aromatic heterocycles. The molecule has 154 valence electrons. The molecule has 0 bridgehead atoms. The molecule has 1 amide bonds. The van der Waals surface area contributed by atoms with E-state index in [1.54, 1.807) is 18.3 Å². The molecule has 0 unspecified atom stereocenters. The molecule has 2 saturated heterocycles. The van der Waals surface area contributed by atoms with Crippen molar-refractivity contribution in [3.05, 3.63) is 65.0 Å². The number of likely N-dealkylation sites (tertiary alicyclic amines) is 2. The molecule has 6 heteroatoms. The van der Waals surface area contributed by atoms with Crippen molar-refractivity contribution in [1.29, 1.82) is 0 Å². The third-order valence-electron chi connectivity index (χ3n) is 6.39. The lowest BCUT2D eigenvalue weighted by Gasteiger charge is -2.35.